The second-order valence-corrected chi connectivity index (χ2v) is 6.65. The monoisotopic (exact) mass is 287 g/mol. The predicted molar refractivity (Wildman–Crippen MR) is 71.5 cm³/mol. The summed E-state index contributed by atoms with van der Waals surface area (Å²) in [4.78, 5) is 2.62. The van der Waals surface area contributed by atoms with Crippen LogP contribution in [0.25, 0.3) is 0 Å². The first kappa shape index (κ1) is 14.5. The van der Waals surface area contributed by atoms with Gasteiger partial charge in [0, 0.05) is 12.1 Å². The fourth-order valence-electron chi connectivity index (χ4n) is 2.40. The van der Waals surface area contributed by atoms with Crippen molar-refractivity contribution in [2.45, 2.75) is 56.8 Å². The Bertz CT molecular complexity index is 516. The van der Waals surface area contributed by atoms with E-state index in [9.17, 15) is 8.42 Å². The third-order valence-corrected chi connectivity index (χ3v) is 4.72. The van der Waals surface area contributed by atoms with Crippen molar-refractivity contribution in [1.82, 2.24) is 9.84 Å². The fourth-order valence-corrected chi connectivity index (χ4v) is 3.59. The number of rotatable bonds is 4. The molecular weight excluding hydrogens is 266 g/mol. The zero-order valence-electron chi connectivity index (χ0n) is 11.3. The minimum atomic E-state index is -3.66. The molecule has 0 aromatic carbocycles. The van der Waals surface area contributed by atoms with Crippen molar-refractivity contribution in [2.24, 2.45) is 5.73 Å². The Hall–Kier alpha value is -0.890. The highest BCUT2D eigenvalue weighted by Gasteiger charge is 2.30. The molecule has 1 fully saturated rings. The maximum atomic E-state index is 12.2. The van der Waals surface area contributed by atoms with E-state index in [1.54, 1.807) is 11.1 Å². The molecule has 1 aliphatic heterocycles. The van der Waals surface area contributed by atoms with Crippen LogP contribution in [0, 0.1) is 0 Å². The second-order valence-electron chi connectivity index (χ2n) is 5.06. The lowest BCUT2D eigenvalue weighted by Crippen LogP contribution is -2.53. The maximum Gasteiger partial charge on any atom is 0.286 e. The molecule has 0 amide bonds. The lowest BCUT2D eigenvalue weighted by molar-refractivity contribution is 0.0783. The third-order valence-electron chi connectivity index (χ3n) is 3.52. The zero-order valence-corrected chi connectivity index (χ0v) is 12.1. The number of furan rings is 1. The smallest absolute Gasteiger partial charge is 0.286 e. The number of hydrogen-bond acceptors (Lipinski definition) is 5. The summed E-state index contributed by atoms with van der Waals surface area (Å²) in [5.74, 6) is 0.458. The van der Waals surface area contributed by atoms with Crippen molar-refractivity contribution in [2.75, 3.05) is 0 Å². The average molecular weight is 287 g/mol. The Kier molecular flexibility index (Phi) is 4.29. The van der Waals surface area contributed by atoms with Gasteiger partial charge in [-0.25, -0.2) is 13.4 Å². The summed E-state index contributed by atoms with van der Waals surface area (Å²) in [6.45, 7) is 4.23. The van der Waals surface area contributed by atoms with Gasteiger partial charge in [-0.3, -0.25) is 0 Å². The van der Waals surface area contributed by atoms with Crippen molar-refractivity contribution in [1.29, 1.82) is 0 Å². The molecule has 1 aliphatic rings. The quantitative estimate of drug-likeness (QED) is 0.868. The van der Waals surface area contributed by atoms with Crippen molar-refractivity contribution in [3.63, 3.8) is 0 Å². The molecule has 2 unspecified atom stereocenters. The van der Waals surface area contributed by atoms with Crippen LogP contribution in [0.1, 0.15) is 38.9 Å². The minimum Gasteiger partial charge on any atom is -0.447 e. The molecule has 108 valence electrons. The van der Waals surface area contributed by atoms with Crippen molar-refractivity contribution in [3.05, 3.63) is 17.9 Å². The first-order valence-electron chi connectivity index (χ1n) is 6.53. The van der Waals surface area contributed by atoms with Crippen LogP contribution in [0.5, 0.6) is 0 Å². The summed E-state index contributed by atoms with van der Waals surface area (Å²) >= 11 is 0. The summed E-state index contributed by atoms with van der Waals surface area (Å²) in [5, 5.41) is 1.71. The van der Waals surface area contributed by atoms with Crippen LogP contribution in [0.2, 0.25) is 0 Å². The summed E-state index contributed by atoms with van der Waals surface area (Å²) in [6, 6.07) is 3.38. The van der Waals surface area contributed by atoms with Gasteiger partial charge < -0.3 is 10.2 Å². The van der Waals surface area contributed by atoms with Crippen LogP contribution in [0.15, 0.2) is 21.6 Å². The van der Waals surface area contributed by atoms with Gasteiger partial charge in [0.2, 0.25) is 5.09 Å². The molecule has 1 aromatic rings. The van der Waals surface area contributed by atoms with Crippen LogP contribution in [-0.2, 0) is 16.6 Å². The van der Waals surface area contributed by atoms with E-state index in [0.29, 0.717) is 5.76 Å². The molecule has 2 rings (SSSR count). The molecule has 2 atom stereocenters. The van der Waals surface area contributed by atoms with Gasteiger partial charge in [-0.2, -0.15) is 0 Å². The number of nitrogens with zero attached hydrogens (tertiary/aromatic N) is 1. The van der Waals surface area contributed by atoms with E-state index < -0.39 is 10.0 Å². The molecule has 0 spiro atoms. The van der Waals surface area contributed by atoms with E-state index >= 15 is 0 Å². The SMILES string of the molecule is CC1CCCC(C)N1NS(=O)(=O)c1ccc(CN)o1. The molecule has 0 bridgehead atoms. The average Bonchev–Trinajstić information content (AvgIpc) is 2.83. The van der Waals surface area contributed by atoms with Gasteiger partial charge in [0.25, 0.3) is 10.0 Å². The number of hydrazine groups is 1. The number of hydrogen-bond donors (Lipinski definition) is 2. The van der Waals surface area contributed by atoms with E-state index in [2.05, 4.69) is 4.83 Å². The number of piperidine rings is 1. The van der Waals surface area contributed by atoms with Crippen molar-refractivity contribution < 1.29 is 12.8 Å². The fraction of sp³-hybridized carbons (Fsp3) is 0.667. The highest BCUT2D eigenvalue weighted by atomic mass is 32.2. The van der Waals surface area contributed by atoms with Gasteiger partial charge in [-0.05, 0) is 38.8 Å². The van der Waals surface area contributed by atoms with Crippen LogP contribution < -0.4 is 10.6 Å². The van der Waals surface area contributed by atoms with Gasteiger partial charge in [-0.15, -0.1) is 4.83 Å². The van der Waals surface area contributed by atoms with E-state index in [-0.39, 0.29) is 23.7 Å². The second kappa shape index (κ2) is 5.62. The molecule has 3 N–H and O–H groups in total. The summed E-state index contributed by atoms with van der Waals surface area (Å²) in [7, 11) is -3.66. The summed E-state index contributed by atoms with van der Waals surface area (Å²) < 4.78 is 29.7. The van der Waals surface area contributed by atoms with Gasteiger partial charge in [0.15, 0.2) is 0 Å². The van der Waals surface area contributed by atoms with Crippen LogP contribution in [-0.4, -0.2) is 25.5 Å². The van der Waals surface area contributed by atoms with Gasteiger partial charge in [0.1, 0.15) is 5.76 Å². The highest BCUT2D eigenvalue weighted by Crippen LogP contribution is 2.22. The largest absolute Gasteiger partial charge is 0.447 e. The maximum absolute atomic E-state index is 12.2. The Labute approximate surface area is 114 Å². The van der Waals surface area contributed by atoms with E-state index in [1.807, 2.05) is 13.8 Å². The standard InChI is InChI=1S/C12H21N3O3S/c1-9-4-3-5-10(2)15(9)14-19(16,17)12-7-6-11(8-13)18-12/h6-7,9-10,14H,3-5,8,13H2,1-2H3. The molecule has 0 aliphatic carbocycles. The summed E-state index contributed by atoms with van der Waals surface area (Å²) in [6.07, 6.45) is 3.09. The van der Waals surface area contributed by atoms with Gasteiger partial charge >= 0.3 is 0 Å². The minimum absolute atomic E-state index is 0.0853. The molecular formula is C12H21N3O3S. The highest BCUT2D eigenvalue weighted by molar-refractivity contribution is 7.89. The third kappa shape index (κ3) is 3.17. The van der Waals surface area contributed by atoms with Gasteiger partial charge in [0.05, 0.1) is 6.54 Å². The first-order chi connectivity index (χ1) is 8.94. The molecule has 0 saturated carbocycles. The van der Waals surface area contributed by atoms with Gasteiger partial charge in [-0.1, -0.05) is 6.42 Å². The number of sulfonamides is 1. The molecule has 19 heavy (non-hydrogen) atoms. The van der Waals surface area contributed by atoms with Crippen LogP contribution in [0.4, 0.5) is 0 Å². The molecule has 7 heteroatoms. The Morgan fingerprint density at radius 3 is 2.53 bits per heavy atom. The van der Waals surface area contributed by atoms with Crippen molar-refractivity contribution >= 4 is 10.0 Å². The lowest BCUT2D eigenvalue weighted by atomic mass is 10.0. The lowest BCUT2D eigenvalue weighted by Gasteiger charge is -2.38. The molecule has 6 nitrogen and oxygen atoms in total. The Balaban J connectivity index is 2.16. The van der Waals surface area contributed by atoms with E-state index in [0.717, 1.165) is 19.3 Å². The number of nitrogens with one attached hydrogen (secondary N) is 1. The molecule has 1 saturated heterocycles. The Morgan fingerprint density at radius 2 is 2.00 bits per heavy atom. The Morgan fingerprint density at radius 1 is 1.37 bits per heavy atom. The molecule has 2 heterocycles. The van der Waals surface area contributed by atoms with Crippen molar-refractivity contribution in [3.8, 4) is 0 Å². The van der Waals surface area contributed by atoms with Crippen LogP contribution in [0.3, 0.4) is 0 Å². The first-order valence-corrected chi connectivity index (χ1v) is 8.02. The normalized spacial score (nSPS) is 25.6. The molecule has 1 aromatic heterocycles. The topological polar surface area (TPSA) is 88.6 Å². The van der Waals surface area contributed by atoms with E-state index in [4.69, 9.17) is 10.2 Å². The summed E-state index contributed by atoms with van der Waals surface area (Å²) in [5.41, 5.74) is 5.42. The number of nitrogens with two attached hydrogens (primary N) is 1. The van der Waals surface area contributed by atoms with E-state index in [1.165, 1.54) is 6.07 Å². The van der Waals surface area contributed by atoms with Crippen LogP contribution >= 0.6 is 0 Å². The molecule has 0 radical (unpaired) electrons. The predicted octanol–water partition coefficient (Wildman–Crippen LogP) is 1.19. The zero-order chi connectivity index (χ0) is 14.0.